The second kappa shape index (κ2) is 9.38. The molecular formula is C22H25N5O3S. The van der Waals surface area contributed by atoms with E-state index in [1.807, 2.05) is 37.3 Å². The molecule has 2 heterocycles. The Morgan fingerprint density at radius 3 is 2.68 bits per heavy atom. The number of nitrogens with zero attached hydrogens (tertiary/aromatic N) is 5. The van der Waals surface area contributed by atoms with E-state index >= 15 is 0 Å². The Bertz CT molecular complexity index is 1050. The number of tetrazole rings is 1. The van der Waals surface area contributed by atoms with Gasteiger partial charge in [-0.05, 0) is 58.7 Å². The van der Waals surface area contributed by atoms with Gasteiger partial charge in [-0.2, -0.15) is 4.68 Å². The number of hydrogen-bond acceptors (Lipinski definition) is 7. The standard InChI is InChI=1S/C22H25N5O3S/c1-4-26(12-16-5-10-19-20(11-16)30-14-29-19)21(28)13-31-22-23-24-25-27(22)18-8-6-17(7-9-18)15(2)3/h5-11,15H,4,12-14H2,1-3H3. The summed E-state index contributed by atoms with van der Waals surface area (Å²) < 4.78 is 12.4. The van der Waals surface area contributed by atoms with Crippen LogP contribution < -0.4 is 9.47 Å². The molecule has 0 aliphatic carbocycles. The lowest BCUT2D eigenvalue weighted by Gasteiger charge is -2.21. The Hall–Kier alpha value is -3.07. The summed E-state index contributed by atoms with van der Waals surface area (Å²) in [5.41, 5.74) is 3.12. The van der Waals surface area contributed by atoms with E-state index in [4.69, 9.17) is 9.47 Å². The second-order valence-electron chi connectivity index (χ2n) is 7.50. The first-order valence-electron chi connectivity index (χ1n) is 10.2. The molecule has 0 bridgehead atoms. The summed E-state index contributed by atoms with van der Waals surface area (Å²) in [5, 5.41) is 12.6. The number of fused-ring (bicyclic) bond motifs is 1. The van der Waals surface area contributed by atoms with Gasteiger partial charge in [-0.3, -0.25) is 4.79 Å². The van der Waals surface area contributed by atoms with E-state index in [-0.39, 0.29) is 18.5 Å². The molecule has 0 saturated heterocycles. The lowest BCUT2D eigenvalue weighted by atomic mass is 10.0. The fourth-order valence-electron chi connectivity index (χ4n) is 3.28. The minimum atomic E-state index is 0.0230. The first-order chi connectivity index (χ1) is 15.0. The first kappa shape index (κ1) is 21.2. The van der Waals surface area contributed by atoms with Gasteiger partial charge in [0.25, 0.3) is 0 Å². The molecule has 3 aromatic rings. The first-order valence-corrected chi connectivity index (χ1v) is 11.2. The van der Waals surface area contributed by atoms with Crippen LogP contribution in [0.2, 0.25) is 0 Å². The number of ether oxygens (including phenoxy) is 2. The molecule has 1 amide bonds. The van der Waals surface area contributed by atoms with Gasteiger partial charge in [-0.1, -0.05) is 43.8 Å². The van der Waals surface area contributed by atoms with Gasteiger partial charge in [0.1, 0.15) is 0 Å². The lowest BCUT2D eigenvalue weighted by Crippen LogP contribution is -2.31. The monoisotopic (exact) mass is 439 g/mol. The molecule has 1 aliphatic rings. The predicted molar refractivity (Wildman–Crippen MR) is 118 cm³/mol. The number of carbonyl (C=O) groups is 1. The molecule has 0 atom stereocenters. The van der Waals surface area contributed by atoms with Crippen molar-refractivity contribution in [3.05, 3.63) is 53.6 Å². The van der Waals surface area contributed by atoms with Crippen molar-refractivity contribution in [2.24, 2.45) is 0 Å². The van der Waals surface area contributed by atoms with Gasteiger partial charge < -0.3 is 14.4 Å². The molecule has 0 saturated carbocycles. The Morgan fingerprint density at radius 1 is 1.16 bits per heavy atom. The van der Waals surface area contributed by atoms with Crippen LogP contribution in [-0.2, 0) is 11.3 Å². The van der Waals surface area contributed by atoms with Crippen LogP contribution in [0.4, 0.5) is 0 Å². The fraction of sp³-hybridized carbons (Fsp3) is 0.364. The van der Waals surface area contributed by atoms with Crippen LogP contribution in [0.3, 0.4) is 0 Å². The number of thioether (sulfide) groups is 1. The molecule has 0 radical (unpaired) electrons. The van der Waals surface area contributed by atoms with E-state index in [1.54, 1.807) is 9.58 Å². The van der Waals surface area contributed by atoms with Gasteiger partial charge in [0, 0.05) is 13.1 Å². The molecule has 0 N–H and O–H groups in total. The van der Waals surface area contributed by atoms with Gasteiger partial charge in [-0.15, -0.1) is 5.10 Å². The van der Waals surface area contributed by atoms with Gasteiger partial charge in [0.2, 0.25) is 17.9 Å². The normalized spacial score (nSPS) is 12.4. The van der Waals surface area contributed by atoms with E-state index in [2.05, 4.69) is 41.5 Å². The molecule has 162 valence electrons. The third kappa shape index (κ3) is 4.82. The van der Waals surface area contributed by atoms with E-state index in [0.717, 1.165) is 22.7 Å². The summed E-state index contributed by atoms with van der Waals surface area (Å²) in [7, 11) is 0. The number of carbonyl (C=O) groups excluding carboxylic acids is 1. The van der Waals surface area contributed by atoms with Crippen LogP contribution in [0.15, 0.2) is 47.6 Å². The maximum absolute atomic E-state index is 12.8. The van der Waals surface area contributed by atoms with E-state index in [0.29, 0.717) is 24.2 Å². The Morgan fingerprint density at radius 2 is 1.94 bits per heavy atom. The molecule has 4 rings (SSSR count). The third-order valence-corrected chi connectivity index (χ3v) is 6.02. The summed E-state index contributed by atoms with van der Waals surface area (Å²) in [5.74, 6) is 2.19. The largest absolute Gasteiger partial charge is 0.454 e. The smallest absolute Gasteiger partial charge is 0.233 e. The van der Waals surface area contributed by atoms with Crippen molar-refractivity contribution in [2.75, 3.05) is 19.1 Å². The molecule has 1 aliphatic heterocycles. The quantitative estimate of drug-likeness (QED) is 0.496. The average Bonchev–Trinajstić information content (AvgIpc) is 3.44. The average molecular weight is 440 g/mol. The van der Waals surface area contributed by atoms with Crippen molar-refractivity contribution in [3.8, 4) is 17.2 Å². The zero-order valence-corrected chi connectivity index (χ0v) is 18.6. The summed E-state index contributed by atoms with van der Waals surface area (Å²) in [6, 6.07) is 13.9. The summed E-state index contributed by atoms with van der Waals surface area (Å²) in [4.78, 5) is 14.6. The van der Waals surface area contributed by atoms with Crippen molar-refractivity contribution in [2.45, 2.75) is 38.4 Å². The molecule has 1 aromatic heterocycles. The number of aromatic nitrogens is 4. The van der Waals surface area contributed by atoms with Gasteiger partial charge >= 0.3 is 0 Å². The molecule has 0 fully saturated rings. The molecule has 8 nitrogen and oxygen atoms in total. The minimum absolute atomic E-state index is 0.0230. The van der Waals surface area contributed by atoms with Crippen molar-refractivity contribution in [1.29, 1.82) is 0 Å². The van der Waals surface area contributed by atoms with E-state index in [9.17, 15) is 4.79 Å². The van der Waals surface area contributed by atoms with Crippen LogP contribution in [0.25, 0.3) is 5.69 Å². The predicted octanol–water partition coefficient (Wildman–Crippen LogP) is 3.66. The van der Waals surface area contributed by atoms with E-state index in [1.165, 1.54) is 17.3 Å². The van der Waals surface area contributed by atoms with Crippen LogP contribution in [0.1, 0.15) is 37.8 Å². The number of rotatable bonds is 8. The summed E-state index contributed by atoms with van der Waals surface area (Å²) in [6.45, 7) is 7.63. The van der Waals surface area contributed by atoms with Crippen LogP contribution >= 0.6 is 11.8 Å². The van der Waals surface area contributed by atoms with Crippen LogP contribution in [0, 0.1) is 0 Å². The molecule has 0 spiro atoms. The molecule has 9 heteroatoms. The highest BCUT2D eigenvalue weighted by Crippen LogP contribution is 2.33. The number of benzene rings is 2. The maximum atomic E-state index is 12.8. The highest BCUT2D eigenvalue weighted by molar-refractivity contribution is 7.99. The zero-order valence-electron chi connectivity index (χ0n) is 17.8. The molecule has 0 unspecified atom stereocenters. The summed E-state index contributed by atoms with van der Waals surface area (Å²) >= 11 is 1.33. The summed E-state index contributed by atoms with van der Waals surface area (Å²) in [6.07, 6.45) is 0. The lowest BCUT2D eigenvalue weighted by molar-refractivity contribution is -0.128. The number of amides is 1. The minimum Gasteiger partial charge on any atom is -0.454 e. The molecular weight excluding hydrogens is 414 g/mol. The highest BCUT2D eigenvalue weighted by Gasteiger charge is 2.18. The zero-order chi connectivity index (χ0) is 21.8. The van der Waals surface area contributed by atoms with Gasteiger partial charge in [0.15, 0.2) is 11.5 Å². The third-order valence-electron chi connectivity index (χ3n) is 5.11. The van der Waals surface area contributed by atoms with Crippen molar-refractivity contribution in [1.82, 2.24) is 25.1 Å². The van der Waals surface area contributed by atoms with Crippen molar-refractivity contribution in [3.63, 3.8) is 0 Å². The second-order valence-corrected chi connectivity index (χ2v) is 8.45. The van der Waals surface area contributed by atoms with Crippen LogP contribution in [-0.4, -0.2) is 50.1 Å². The van der Waals surface area contributed by atoms with Gasteiger partial charge in [-0.25, -0.2) is 0 Å². The highest BCUT2D eigenvalue weighted by atomic mass is 32.2. The maximum Gasteiger partial charge on any atom is 0.233 e. The van der Waals surface area contributed by atoms with Crippen molar-refractivity contribution >= 4 is 17.7 Å². The Labute approximate surface area is 185 Å². The fourth-order valence-corrected chi connectivity index (χ4v) is 4.08. The SMILES string of the molecule is CCN(Cc1ccc2c(c1)OCO2)C(=O)CSc1nnnn1-c1ccc(C(C)C)cc1. The van der Waals surface area contributed by atoms with E-state index < -0.39 is 0 Å². The molecule has 2 aromatic carbocycles. The Kier molecular flexibility index (Phi) is 6.41. The Balaban J connectivity index is 1.39. The topological polar surface area (TPSA) is 82.4 Å². The molecule has 31 heavy (non-hydrogen) atoms. The number of hydrogen-bond donors (Lipinski definition) is 0. The van der Waals surface area contributed by atoms with Gasteiger partial charge in [0.05, 0.1) is 11.4 Å². The van der Waals surface area contributed by atoms with Crippen molar-refractivity contribution < 1.29 is 14.3 Å². The van der Waals surface area contributed by atoms with Crippen LogP contribution in [0.5, 0.6) is 11.5 Å².